The van der Waals surface area contributed by atoms with Crippen LogP contribution in [-0.2, 0) is 0 Å². The van der Waals surface area contributed by atoms with Crippen LogP contribution in [0.25, 0.3) is 11.0 Å². The molecular weight excluding hydrogens is 395 g/mol. The Bertz CT molecular complexity index is 1180. The van der Waals surface area contributed by atoms with E-state index in [0.29, 0.717) is 39.7 Å². The number of aromatic amines is 1. The molecular formula is C20H20ClFN6O. The lowest BCUT2D eigenvalue weighted by Gasteiger charge is -2.35. The van der Waals surface area contributed by atoms with Gasteiger partial charge in [-0.2, -0.15) is 10.2 Å². The number of halogens is 2. The molecule has 1 aliphatic rings. The maximum Gasteiger partial charge on any atom is 0.351 e. The van der Waals surface area contributed by atoms with Crippen molar-refractivity contribution in [1.29, 1.82) is 5.26 Å². The van der Waals surface area contributed by atoms with Crippen molar-refractivity contribution < 1.29 is 4.39 Å². The van der Waals surface area contributed by atoms with Crippen LogP contribution in [0.3, 0.4) is 0 Å². The van der Waals surface area contributed by atoms with Crippen molar-refractivity contribution in [2.45, 2.75) is 31.8 Å². The Balaban J connectivity index is 1.98. The molecule has 0 bridgehead atoms. The van der Waals surface area contributed by atoms with Gasteiger partial charge in [-0.3, -0.25) is 4.57 Å². The smallest absolute Gasteiger partial charge is 0.351 e. The molecule has 3 aromatic rings. The quantitative estimate of drug-likeness (QED) is 0.685. The van der Waals surface area contributed by atoms with Crippen molar-refractivity contribution >= 4 is 28.5 Å². The van der Waals surface area contributed by atoms with Gasteiger partial charge in [0, 0.05) is 19.1 Å². The molecule has 1 aliphatic heterocycles. The molecule has 2 aromatic heterocycles. The number of fused-ring (bicyclic) bond motifs is 1. The fourth-order valence-electron chi connectivity index (χ4n) is 4.03. The molecule has 0 spiro atoms. The van der Waals surface area contributed by atoms with E-state index >= 15 is 0 Å². The summed E-state index contributed by atoms with van der Waals surface area (Å²) in [5.41, 5.74) is 6.78. The lowest BCUT2D eigenvalue weighted by atomic mass is 10.0. The summed E-state index contributed by atoms with van der Waals surface area (Å²) in [5, 5.41) is 10.5. The molecule has 0 saturated carbocycles. The molecule has 9 heteroatoms. The van der Waals surface area contributed by atoms with Crippen LogP contribution in [0.5, 0.6) is 0 Å². The van der Waals surface area contributed by atoms with E-state index in [0.717, 1.165) is 19.4 Å². The van der Waals surface area contributed by atoms with Gasteiger partial charge < -0.3 is 15.6 Å². The number of nitriles is 1. The van der Waals surface area contributed by atoms with Gasteiger partial charge in [-0.05, 0) is 49.6 Å². The van der Waals surface area contributed by atoms with Crippen LogP contribution in [0.15, 0.2) is 29.1 Å². The number of benzene rings is 1. The molecule has 0 radical (unpaired) electrons. The Labute approximate surface area is 171 Å². The number of nitrogens with zero attached hydrogens (tertiary/aromatic N) is 4. The predicted molar refractivity (Wildman–Crippen MR) is 110 cm³/mol. The highest BCUT2D eigenvalue weighted by atomic mass is 35.5. The standard InChI is InChI=1S/C20H20ClFN6O/c1-11(15-7-13(22)5-4-12(15)9-23)28-19(27-6-2-3-14(24)10-27)16-8-17(21)25-18(16)26-20(28)29/h4-5,7-8,11,14H,2-3,6,10,24H2,1H3,(H,25,26,29)/t11?,14-/m1/s1. The summed E-state index contributed by atoms with van der Waals surface area (Å²) >= 11 is 6.15. The maximum atomic E-state index is 14.0. The molecule has 29 heavy (non-hydrogen) atoms. The minimum Gasteiger partial charge on any atom is -0.356 e. The molecule has 150 valence electrons. The summed E-state index contributed by atoms with van der Waals surface area (Å²) < 4.78 is 15.5. The van der Waals surface area contributed by atoms with Crippen molar-refractivity contribution in [1.82, 2.24) is 14.5 Å². The van der Waals surface area contributed by atoms with Crippen LogP contribution >= 0.6 is 11.6 Å². The van der Waals surface area contributed by atoms with E-state index in [2.05, 4.69) is 16.0 Å². The Morgan fingerprint density at radius 3 is 2.97 bits per heavy atom. The highest BCUT2D eigenvalue weighted by molar-refractivity contribution is 6.30. The second-order valence-electron chi connectivity index (χ2n) is 7.34. The highest BCUT2D eigenvalue weighted by Crippen LogP contribution is 2.33. The molecule has 1 fully saturated rings. The molecule has 0 amide bonds. The van der Waals surface area contributed by atoms with Crippen molar-refractivity contribution in [3.8, 4) is 6.07 Å². The number of hydrogen-bond acceptors (Lipinski definition) is 5. The molecule has 0 aliphatic carbocycles. The number of nitrogens with one attached hydrogen (secondary N) is 1. The average molecular weight is 415 g/mol. The topological polar surface area (TPSA) is 104 Å². The first-order valence-corrected chi connectivity index (χ1v) is 9.77. The average Bonchev–Trinajstić information content (AvgIpc) is 3.05. The van der Waals surface area contributed by atoms with Gasteiger partial charge in [0.2, 0.25) is 0 Å². The van der Waals surface area contributed by atoms with Gasteiger partial charge in [-0.1, -0.05) is 11.6 Å². The Hall–Kier alpha value is -2.89. The number of hydrogen-bond donors (Lipinski definition) is 2. The van der Waals surface area contributed by atoms with Gasteiger partial charge in [0.15, 0.2) is 0 Å². The summed E-state index contributed by atoms with van der Waals surface area (Å²) in [6.07, 6.45) is 1.79. The summed E-state index contributed by atoms with van der Waals surface area (Å²) in [6.45, 7) is 3.05. The third-order valence-corrected chi connectivity index (χ3v) is 5.58. The third kappa shape index (κ3) is 3.48. The minimum atomic E-state index is -0.619. The van der Waals surface area contributed by atoms with E-state index in [1.54, 1.807) is 13.0 Å². The van der Waals surface area contributed by atoms with Crippen LogP contribution in [0.4, 0.5) is 10.2 Å². The highest BCUT2D eigenvalue weighted by Gasteiger charge is 2.27. The first-order valence-electron chi connectivity index (χ1n) is 9.40. The van der Waals surface area contributed by atoms with Crippen molar-refractivity contribution in [2.24, 2.45) is 5.73 Å². The van der Waals surface area contributed by atoms with E-state index in [1.165, 1.54) is 22.8 Å². The fraction of sp³-hybridized carbons (Fsp3) is 0.350. The number of aromatic nitrogens is 3. The number of anilines is 1. The zero-order chi connectivity index (χ0) is 20.7. The molecule has 1 aromatic carbocycles. The molecule has 3 heterocycles. The van der Waals surface area contributed by atoms with Crippen molar-refractivity contribution in [2.75, 3.05) is 18.0 Å². The molecule has 4 rings (SSSR count). The number of nitrogens with two attached hydrogens (primary N) is 1. The summed E-state index contributed by atoms with van der Waals surface area (Å²) in [7, 11) is 0. The third-order valence-electron chi connectivity index (χ3n) is 5.38. The largest absolute Gasteiger partial charge is 0.356 e. The van der Waals surface area contributed by atoms with Crippen LogP contribution in [0.1, 0.15) is 36.9 Å². The van der Waals surface area contributed by atoms with Gasteiger partial charge in [-0.25, -0.2) is 9.18 Å². The number of H-pyrrole nitrogens is 1. The van der Waals surface area contributed by atoms with Crippen molar-refractivity contribution in [3.63, 3.8) is 0 Å². The van der Waals surface area contributed by atoms with Gasteiger partial charge in [0.05, 0.1) is 23.1 Å². The Kier molecular flexibility index (Phi) is 5.03. The molecule has 3 N–H and O–H groups in total. The second-order valence-corrected chi connectivity index (χ2v) is 7.74. The van der Waals surface area contributed by atoms with Gasteiger partial charge in [0.25, 0.3) is 0 Å². The molecule has 1 unspecified atom stereocenters. The zero-order valence-electron chi connectivity index (χ0n) is 15.8. The van der Waals surface area contributed by atoms with E-state index in [4.69, 9.17) is 17.3 Å². The normalized spacial score (nSPS) is 18.0. The molecule has 7 nitrogen and oxygen atoms in total. The minimum absolute atomic E-state index is 0.0240. The van der Waals surface area contributed by atoms with Crippen LogP contribution in [0, 0.1) is 17.1 Å². The second kappa shape index (κ2) is 7.50. The van der Waals surface area contributed by atoms with E-state index < -0.39 is 17.5 Å². The Morgan fingerprint density at radius 2 is 2.24 bits per heavy atom. The van der Waals surface area contributed by atoms with Gasteiger partial charge >= 0.3 is 5.69 Å². The van der Waals surface area contributed by atoms with E-state index in [9.17, 15) is 14.4 Å². The maximum absolute atomic E-state index is 14.0. The van der Waals surface area contributed by atoms with E-state index in [-0.39, 0.29) is 6.04 Å². The zero-order valence-corrected chi connectivity index (χ0v) is 16.6. The molecule has 2 atom stereocenters. The SMILES string of the molecule is CC(c1cc(F)ccc1C#N)n1c(N2CCC[C@@H](N)C2)c2cc(Cl)[nH]c2nc1=O. The summed E-state index contributed by atoms with van der Waals surface area (Å²) in [5.74, 6) is 0.151. The fourth-order valence-corrected chi connectivity index (χ4v) is 4.23. The van der Waals surface area contributed by atoms with Crippen LogP contribution in [-0.4, -0.2) is 33.7 Å². The summed E-state index contributed by atoms with van der Waals surface area (Å²) in [6, 6.07) is 7.09. The van der Waals surface area contributed by atoms with Crippen LogP contribution < -0.4 is 16.3 Å². The lowest BCUT2D eigenvalue weighted by molar-refractivity contribution is 0.487. The first-order chi connectivity index (χ1) is 13.9. The van der Waals surface area contributed by atoms with Gasteiger partial charge in [0.1, 0.15) is 22.4 Å². The summed E-state index contributed by atoms with van der Waals surface area (Å²) in [4.78, 5) is 22.1. The number of rotatable bonds is 3. The van der Waals surface area contributed by atoms with Crippen molar-refractivity contribution in [3.05, 3.63) is 56.8 Å². The molecule has 1 saturated heterocycles. The lowest BCUT2D eigenvalue weighted by Crippen LogP contribution is -2.45. The first kappa shape index (κ1) is 19.4. The predicted octanol–water partition coefficient (Wildman–Crippen LogP) is 2.93. The Morgan fingerprint density at radius 1 is 1.45 bits per heavy atom. The monoisotopic (exact) mass is 414 g/mol. The van der Waals surface area contributed by atoms with Gasteiger partial charge in [-0.15, -0.1) is 0 Å². The van der Waals surface area contributed by atoms with Crippen LogP contribution in [0.2, 0.25) is 5.15 Å². The number of piperidine rings is 1. The van der Waals surface area contributed by atoms with E-state index in [1.807, 2.05) is 4.90 Å².